The quantitative estimate of drug-likeness (QED) is 0.840. The molecule has 1 N–H and O–H groups in total. The van der Waals surface area contributed by atoms with E-state index in [-0.39, 0.29) is 22.7 Å². The molecule has 3 rings (SSSR count). The fourth-order valence-corrected chi connectivity index (χ4v) is 6.55. The van der Waals surface area contributed by atoms with Gasteiger partial charge in [0, 0.05) is 21.7 Å². The lowest BCUT2D eigenvalue weighted by atomic mass is 10.2. The lowest BCUT2D eigenvalue weighted by Gasteiger charge is -2.13. The summed E-state index contributed by atoms with van der Waals surface area (Å²) in [4.78, 5) is 13.4. The summed E-state index contributed by atoms with van der Waals surface area (Å²) >= 11 is 7.43. The van der Waals surface area contributed by atoms with Crippen molar-refractivity contribution in [3.8, 4) is 0 Å². The van der Waals surface area contributed by atoms with E-state index in [1.54, 1.807) is 12.1 Å². The van der Waals surface area contributed by atoms with Gasteiger partial charge in [0.05, 0.1) is 17.1 Å². The van der Waals surface area contributed by atoms with Crippen LogP contribution in [0.15, 0.2) is 53.4 Å². The predicted molar refractivity (Wildman–Crippen MR) is 102 cm³/mol. The first kappa shape index (κ1) is 18.3. The van der Waals surface area contributed by atoms with Gasteiger partial charge in [-0.1, -0.05) is 35.9 Å². The van der Waals surface area contributed by atoms with Crippen LogP contribution in [0.5, 0.6) is 0 Å². The first-order chi connectivity index (χ1) is 11.9. The first-order valence-electron chi connectivity index (χ1n) is 7.92. The second-order valence-electron chi connectivity index (χ2n) is 5.95. The minimum Gasteiger partial charge on any atom is -0.348 e. The number of carbonyl (C=O) groups excluding carboxylic acids is 1. The SMILES string of the molecule is O=C(NCc1cccc(Cl)c1)c1ccccc1S[C@H]1CCS(=O)(=O)C1. The van der Waals surface area contributed by atoms with E-state index in [1.165, 1.54) is 11.8 Å². The predicted octanol–water partition coefficient (Wildman–Crippen LogP) is 3.55. The molecule has 0 radical (unpaired) electrons. The molecule has 0 bridgehead atoms. The highest BCUT2D eigenvalue weighted by atomic mass is 35.5. The fraction of sp³-hybridized carbons (Fsp3) is 0.278. The zero-order valence-corrected chi connectivity index (χ0v) is 15.8. The lowest BCUT2D eigenvalue weighted by molar-refractivity contribution is 0.0948. The third-order valence-corrected chi connectivity index (χ3v) is 7.52. The Morgan fingerprint density at radius 3 is 2.72 bits per heavy atom. The molecule has 0 aromatic heterocycles. The van der Waals surface area contributed by atoms with E-state index in [0.29, 0.717) is 23.6 Å². The summed E-state index contributed by atoms with van der Waals surface area (Å²) in [7, 11) is -2.93. The van der Waals surface area contributed by atoms with E-state index < -0.39 is 9.84 Å². The van der Waals surface area contributed by atoms with Crippen LogP contribution in [0.25, 0.3) is 0 Å². The monoisotopic (exact) mass is 395 g/mol. The average Bonchev–Trinajstić information content (AvgIpc) is 2.92. The molecule has 7 heteroatoms. The van der Waals surface area contributed by atoms with Gasteiger partial charge in [-0.25, -0.2) is 8.42 Å². The van der Waals surface area contributed by atoms with Crippen LogP contribution in [0.4, 0.5) is 0 Å². The highest BCUT2D eigenvalue weighted by Crippen LogP contribution is 2.33. The van der Waals surface area contributed by atoms with Crippen molar-refractivity contribution >= 4 is 39.1 Å². The summed E-state index contributed by atoms with van der Waals surface area (Å²) in [5.74, 6) is 0.230. The van der Waals surface area contributed by atoms with Crippen LogP contribution >= 0.6 is 23.4 Å². The molecule has 1 fully saturated rings. The second kappa shape index (κ2) is 7.81. The van der Waals surface area contributed by atoms with Gasteiger partial charge in [-0.3, -0.25) is 4.79 Å². The van der Waals surface area contributed by atoms with E-state index >= 15 is 0 Å². The topological polar surface area (TPSA) is 63.2 Å². The van der Waals surface area contributed by atoms with Crippen molar-refractivity contribution < 1.29 is 13.2 Å². The van der Waals surface area contributed by atoms with Gasteiger partial charge < -0.3 is 5.32 Å². The number of benzene rings is 2. The molecule has 0 unspecified atom stereocenters. The molecular formula is C18H18ClNO3S2. The second-order valence-corrected chi connectivity index (χ2v) is 9.96. The highest BCUT2D eigenvalue weighted by Gasteiger charge is 2.29. The number of hydrogen-bond acceptors (Lipinski definition) is 4. The molecule has 0 saturated carbocycles. The molecule has 1 aliphatic heterocycles. The maximum atomic E-state index is 12.5. The molecule has 1 atom stereocenters. The minimum absolute atomic E-state index is 0.00637. The third kappa shape index (κ3) is 5.00. The Kier molecular flexibility index (Phi) is 5.71. The molecule has 1 heterocycles. The Hall–Kier alpha value is -1.50. The molecule has 0 spiro atoms. The number of carbonyl (C=O) groups is 1. The highest BCUT2D eigenvalue weighted by molar-refractivity contribution is 8.02. The molecule has 1 saturated heterocycles. The van der Waals surface area contributed by atoms with Gasteiger partial charge in [0.25, 0.3) is 5.91 Å². The first-order valence-corrected chi connectivity index (χ1v) is 11.0. The fourth-order valence-electron chi connectivity index (χ4n) is 2.71. The Morgan fingerprint density at radius 2 is 2.00 bits per heavy atom. The number of hydrogen-bond donors (Lipinski definition) is 1. The van der Waals surface area contributed by atoms with E-state index in [0.717, 1.165) is 10.5 Å². The van der Waals surface area contributed by atoms with Crippen LogP contribution in [0.3, 0.4) is 0 Å². The molecule has 25 heavy (non-hydrogen) atoms. The van der Waals surface area contributed by atoms with Crippen molar-refractivity contribution in [1.29, 1.82) is 0 Å². The smallest absolute Gasteiger partial charge is 0.252 e. The number of halogens is 1. The van der Waals surface area contributed by atoms with Gasteiger partial charge in [-0.05, 0) is 36.2 Å². The Bertz CT molecular complexity index is 883. The van der Waals surface area contributed by atoms with Gasteiger partial charge >= 0.3 is 0 Å². The normalized spacial score (nSPS) is 18.8. The Morgan fingerprint density at radius 1 is 1.20 bits per heavy atom. The van der Waals surface area contributed by atoms with E-state index in [2.05, 4.69) is 5.32 Å². The molecule has 132 valence electrons. The molecule has 2 aromatic rings. The van der Waals surface area contributed by atoms with E-state index in [1.807, 2.05) is 36.4 Å². The molecule has 0 aliphatic carbocycles. The van der Waals surface area contributed by atoms with Crippen molar-refractivity contribution in [2.75, 3.05) is 11.5 Å². The van der Waals surface area contributed by atoms with E-state index in [4.69, 9.17) is 11.6 Å². The third-order valence-electron chi connectivity index (χ3n) is 3.96. The summed E-state index contributed by atoms with van der Waals surface area (Å²) < 4.78 is 23.3. The maximum Gasteiger partial charge on any atom is 0.252 e. The van der Waals surface area contributed by atoms with Crippen LogP contribution in [0, 0.1) is 0 Å². The van der Waals surface area contributed by atoms with Crippen LogP contribution in [-0.4, -0.2) is 31.1 Å². The molecule has 1 aliphatic rings. The van der Waals surface area contributed by atoms with Gasteiger partial charge in [0.15, 0.2) is 9.84 Å². The van der Waals surface area contributed by atoms with Crippen molar-refractivity contribution in [2.24, 2.45) is 0 Å². The molecular weight excluding hydrogens is 378 g/mol. The van der Waals surface area contributed by atoms with Crippen LogP contribution in [-0.2, 0) is 16.4 Å². The number of rotatable bonds is 5. The zero-order chi connectivity index (χ0) is 17.9. The average molecular weight is 396 g/mol. The Labute approximate surface area is 156 Å². The largest absolute Gasteiger partial charge is 0.348 e. The van der Waals surface area contributed by atoms with Gasteiger partial charge in [-0.2, -0.15) is 0 Å². The number of thioether (sulfide) groups is 1. The van der Waals surface area contributed by atoms with Gasteiger partial charge in [0.1, 0.15) is 0 Å². The summed E-state index contributed by atoms with van der Waals surface area (Å²) in [5.41, 5.74) is 1.49. The maximum absolute atomic E-state index is 12.5. The molecule has 1 amide bonds. The van der Waals surface area contributed by atoms with Crippen molar-refractivity contribution in [3.63, 3.8) is 0 Å². The zero-order valence-electron chi connectivity index (χ0n) is 13.4. The van der Waals surface area contributed by atoms with Crippen molar-refractivity contribution in [2.45, 2.75) is 23.1 Å². The summed E-state index contributed by atoms with van der Waals surface area (Å²) in [6, 6.07) is 14.6. The lowest BCUT2D eigenvalue weighted by Crippen LogP contribution is -2.23. The van der Waals surface area contributed by atoms with Crippen LogP contribution < -0.4 is 5.32 Å². The summed E-state index contributed by atoms with van der Waals surface area (Å²) in [5, 5.41) is 3.53. The number of amides is 1. The minimum atomic E-state index is -2.93. The molecule has 2 aromatic carbocycles. The molecule has 4 nitrogen and oxygen atoms in total. The standard InChI is InChI=1S/C18H18ClNO3S2/c19-14-5-3-4-13(10-14)11-20-18(21)16-6-1-2-7-17(16)24-15-8-9-25(22,23)12-15/h1-7,10,15H,8-9,11-12H2,(H,20,21)/t15-/m0/s1. The number of sulfone groups is 1. The van der Waals surface area contributed by atoms with Crippen molar-refractivity contribution in [1.82, 2.24) is 5.32 Å². The van der Waals surface area contributed by atoms with Crippen LogP contribution in [0.2, 0.25) is 5.02 Å². The Balaban J connectivity index is 1.68. The summed E-state index contributed by atoms with van der Waals surface area (Å²) in [6.45, 7) is 0.385. The van der Waals surface area contributed by atoms with Gasteiger partial charge in [-0.15, -0.1) is 11.8 Å². The van der Waals surface area contributed by atoms with Crippen LogP contribution in [0.1, 0.15) is 22.3 Å². The number of nitrogens with one attached hydrogen (secondary N) is 1. The van der Waals surface area contributed by atoms with Gasteiger partial charge in [0.2, 0.25) is 0 Å². The summed E-state index contributed by atoms with van der Waals surface area (Å²) in [6.07, 6.45) is 0.630. The van der Waals surface area contributed by atoms with Crippen molar-refractivity contribution in [3.05, 3.63) is 64.7 Å². The van der Waals surface area contributed by atoms with E-state index in [9.17, 15) is 13.2 Å².